The van der Waals surface area contributed by atoms with Gasteiger partial charge in [0.2, 0.25) is 0 Å². The van der Waals surface area contributed by atoms with E-state index in [9.17, 15) is 4.79 Å². The van der Waals surface area contributed by atoms with Crippen LogP contribution >= 0.6 is 11.3 Å². The summed E-state index contributed by atoms with van der Waals surface area (Å²) in [5.74, 6) is -0.476. The molecular formula is C10H10N2OS. The maximum atomic E-state index is 10.9. The van der Waals surface area contributed by atoms with Crippen LogP contribution in [-0.2, 0) is 0 Å². The Morgan fingerprint density at radius 2 is 2.21 bits per heavy atom. The van der Waals surface area contributed by atoms with Crippen molar-refractivity contribution in [2.75, 3.05) is 0 Å². The van der Waals surface area contributed by atoms with Crippen LogP contribution in [0.15, 0.2) is 12.3 Å². The van der Waals surface area contributed by atoms with Crippen molar-refractivity contribution in [2.24, 2.45) is 5.73 Å². The molecule has 0 saturated carbocycles. The minimum Gasteiger partial charge on any atom is -0.364 e. The lowest BCUT2D eigenvalue weighted by molar-refractivity contribution is 0.0996. The van der Waals surface area contributed by atoms with Crippen LogP contribution in [0.4, 0.5) is 0 Å². The van der Waals surface area contributed by atoms with Crippen molar-refractivity contribution in [3.05, 3.63) is 28.4 Å². The van der Waals surface area contributed by atoms with Gasteiger partial charge in [-0.2, -0.15) is 0 Å². The van der Waals surface area contributed by atoms with Crippen LogP contribution in [0.1, 0.15) is 20.9 Å². The lowest BCUT2D eigenvalue weighted by atomic mass is 10.2. The van der Waals surface area contributed by atoms with E-state index in [1.807, 2.05) is 0 Å². The van der Waals surface area contributed by atoms with Crippen molar-refractivity contribution in [1.82, 2.24) is 4.98 Å². The second-order valence-electron chi connectivity index (χ2n) is 3.21. The number of hydrogen-bond acceptors (Lipinski definition) is 3. The van der Waals surface area contributed by atoms with Gasteiger partial charge in [0.15, 0.2) is 0 Å². The molecule has 0 aliphatic rings. The molecule has 72 valence electrons. The number of hydrogen-bond donors (Lipinski definition) is 1. The molecule has 14 heavy (non-hydrogen) atoms. The smallest absolute Gasteiger partial charge is 0.267 e. The zero-order chi connectivity index (χ0) is 10.3. The van der Waals surface area contributed by atoms with Crippen LogP contribution in [0.5, 0.6) is 0 Å². The number of rotatable bonds is 1. The Hall–Kier alpha value is -1.42. The lowest BCUT2D eigenvalue weighted by Crippen LogP contribution is -2.12. The van der Waals surface area contributed by atoms with E-state index >= 15 is 0 Å². The van der Waals surface area contributed by atoms with Crippen LogP contribution in [-0.4, -0.2) is 10.9 Å². The van der Waals surface area contributed by atoms with Crippen LogP contribution in [0.2, 0.25) is 0 Å². The quantitative estimate of drug-likeness (QED) is 0.776. The minimum atomic E-state index is -0.476. The number of fused-ring (bicyclic) bond motifs is 1. The number of primary amides is 1. The molecule has 1 amide bonds. The number of thiophene rings is 1. The summed E-state index contributed by atoms with van der Waals surface area (Å²) >= 11 is 1.66. The first-order valence-electron chi connectivity index (χ1n) is 4.25. The molecule has 4 heteroatoms. The van der Waals surface area contributed by atoms with E-state index in [0.717, 1.165) is 10.1 Å². The van der Waals surface area contributed by atoms with Gasteiger partial charge in [0.25, 0.3) is 5.91 Å². The summed E-state index contributed by atoms with van der Waals surface area (Å²) in [5, 5.41) is 1.11. The van der Waals surface area contributed by atoms with Gasteiger partial charge >= 0.3 is 0 Å². The maximum absolute atomic E-state index is 10.9. The number of nitrogens with two attached hydrogens (primary N) is 1. The third-order valence-corrected chi connectivity index (χ3v) is 3.48. The zero-order valence-corrected chi connectivity index (χ0v) is 8.81. The number of aromatic nitrogens is 1. The minimum absolute atomic E-state index is 0.332. The van der Waals surface area contributed by atoms with E-state index in [4.69, 9.17) is 5.73 Å². The van der Waals surface area contributed by atoms with Gasteiger partial charge < -0.3 is 5.73 Å². The second kappa shape index (κ2) is 3.06. The van der Waals surface area contributed by atoms with Gasteiger partial charge in [0.05, 0.1) is 0 Å². The van der Waals surface area contributed by atoms with Crippen molar-refractivity contribution < 1.29 is 4.79 Å². The highest BCUT2D eigenvalue weighted by molar-refractivity contribution is 7.19. The predicted molar refractivity (Wildman–Crippen MR) is 57.6 cm³/mol. The van der Waals surface area contributed by atoms with Gasteiger partial charge in [-0.25, -0.2) is 0 Å². The normalized spacial score (nSPS) is 10.7. The number of aryl methyl sites for hydroxylation is 2. The van der Waals surface area contributed by atoms with Crippen LogP contribution in [0.3, 0.4) is 0 Å². The molecule has 2 heterocycles. The number of pyridine rings is 1. The van der Waals surface area contributed by atoms with Crippen LogP contribution in [0.25, 0.3) is 10.1 Å². The summed E-state index contributed by atoms with van der Waals surface area (Å²) in [7, 11) is 0. The van der Waals surface area contributed by atoms with E-state index in [-0.39, 0.29) is 0 Å². The van der Waals surface area contributed by atoms with Crippen LogP contribution < -0.4 is 5.73 Å². The third-order valence-electron chi connectivity index (χ3n) is 2.31. The second-order valence-corrected chi connectivity index (χ2v) is 4.47. The number of nitrogens with zero attached hydrogens (tertiary/aromatic N) is 1. The lowest BCUT2D eigenvalue weighted by Gasteiger charge is -1.94. The molecule has 2 aromatic rings. The molecule has 0 aromatic carbocycles. The fourth-order valence-corrected chi connectivity index (χ4v) is 2.45. The molecule has 0 aliphatic carbocycles. The van der Waals surface area contributed by atoms with Crippen molar-refractivity contribution in [3.8, 4) is 0 Å². The largest absolute Gasteiger partial charge is 0.364 e. The third kappa shape index (κ3) is 1.28. The molecule has 0 aliphatic heterocycles. The predicted octanol–water partition coefficient (Wildman–Crippen LogP) is 2.01. The van der Waals surface area contributed by atoms with E-state index in [1.165, 1.54) is 10.4 Å². The molecule has 0 fully saturated rings. The molecule has 0 unspecified atom stereocenters. The Balaban J connectivity index is 2.73. The molecule has 0 spiro atoms. The van der Waals surface area contributed by atoms with Crippen molar-refractivity contribution in [1.29, 1.82) is 0 Å². The highest BCUT2D eigenvalue weighted by Gasteiger charge is 2.08. The van der Waals surface area contributed by atoms with Crippen molar-refractivity contribution in [2.45, 2.75) is 13.8 Å². The molecule has 3 nitrogen and oxygen atoms in total. The highest BCUT2D eigenvalue weighted by atomic mass is 32.1. The van der Waals surface area contributed by atoms with E-state index in [1.54, 1.807) is 23.6 Å². The van der Waals surface area contributed by atoms with Gasteiger partial charge in [-0.05, 0) is 25.5 Å². The number of carbonyl (C=O) groups is 1. The highest BCUT2D eigenvalue weighted by Crippen LogP contribution is 2.29. The van der Waals surface area contributed by atoms with Gasteiger partial charge in [-0.1, -0.05) is 0 Å². The Morgan fingerprint density at radius 1 is 1.50 bits per heavy atom. The monoisotopic (exact) mass is 206 g/mol. The van der Waals surface area contributed by atoms with Gasteiger partial charge in [0, 0.05) is 21.2 Å². The summed E-state index contributed by atoms with van der Waals surface area (Å²) in [6.45, 7) is 4.11. The molecular weight excluding hydrogens is 196 g/mol. The summed E-state index contributed by atoms with van der Waals surface area (Å²) in [6.07, 6.45) is 1.72. The Morgan fingerprint density at radius 3 is 2.86 bits per heavy atom. The maximum Gasteiger partial charge on any atom is 0.267 e. The number of carbonyl (C=O) groups excluding carboxylic acids is 1. The molecule has 0 saturated heterocycles. The zero-order valence-electron chi connectivity index (χ0n) is 8.00. The van der Waals surface area contributed by atoms with Crippen molar-refractivity contribution >= 4 is 27.3 Å². The fourth-order valence-electron chi connectivity index (χ4n) is 1.37. The molecule has 0 atom stereocenters. The average molecular weight is 206 g/mol. The van der Waals surface area contributed by atoms with E-state index in [2.05, 4.69) is 18.8 Å². The first-order valence-corrected chi connectivity index (χ1v) is 5.07. The van der Waals surface area contributed by atoms with E-state index < -0.39 is 5.91 Å². The molecule has 0 bridgehead atoms. The first-order chi connectivity index (χ1) is 6.59. The van der Waals surface area contributed by atoms with Crippen molar-refractivity contribution in [3.63, 3.8) is 0 Å². The SMILES string of the molecule is Cc1sc2cc(C(N)=O)ncc2c1C. The van der Waals surface area contributed by atoms with Gasteiger partial charge in [-0.15, -0.1) is 11.3 Å². The molecule has 0 radical (unpaired) electrons. The Kier molecular flexibility index (Phi) is 2.00. The summed E-state index contributed by atoms with van der Waals surface area (Å²) in [6, 6.07) is 1.75. The summed E-state index contributed by atoms with van der Waals surface area (Å²) in [5.41, 5.74) is 6.72. The Bertz CT molecular complexity index is 516. The van der Waals surface area contributed by atoms with E-state index in [0.29, 0.717) is 5.69 Å². The van der Waals surface area contributed by atoms with Gasteiger partial charge in [0.1, 0.15) is 5.69 Å². The average Bonchev–Trinajstić information content (AvgIpc) is 2.42. The summed E-state index contributed by atoms with van der Waals surface area (Å²) in [4.78, 5) is 16.2. The van der Waals surface area contributed by atoms with Gasteiger partial charge in [-0.3, -0.25) is 9.78 Å². The molecule has 2 aromatic heterocycles. The first kappa shape index (κ1) is 9.15. The molecule has 2 N–H and O–H groups in total. The fraction of sp³-hybridized carbons (Fsp3) is 0.200. The summed E-state index contributed by atoms with van der Waals surface area (Å²) < 4.78 is 1.07. The standard InChI is InChI=1S/C10H10N2OS/c1-5-6(2)14-9-3-8(10(11)13)12-4-7(5)9/h3-4H,1-2H3,(H2,11,13). The molecule has 2 rings (SSSR count). The Labute approximate surface area is 85.6 Å². The number of amides is 1. The van der Waals surface area contributed by atoms with Crippen LogP contribution in [0, 0.1) is 13.8 Å². The topological polar surface area (TPSA) is 56.0 Å².